The Morgan fingerprint density at radius 1 is 1.38 bits per heavy atom. The molecule has 1 saturated heterocycles. The smallest absolute Gasteiger partial charge is 0.335 e. The predicted octanol–water partition coefficient (Wildman–Crippen LogP) is 1.55. The van der Waals surface area contributed by atoms with E-state index in [1.807, 2.05) is 0 Å². The predicted molar refractivity (Wildman–Crippen MR) is 75.0 cm³/mol. The van der Waals surface area contributed by atoms with Crippen molar-refractivity contribution < 1.29 is 23.9 Å². The summed E-state index contributed by atoms with van der Waals surface area (Å²) in [5.74, 6) is -1.06. The molecule has 1 heterocycles. The Balaban J connectivity index is 1.82. The average molecular weight is 291 g/mol. The van der Waals surface area contributed by atoms with Gasteiger partial charge in [0.2, 0.25) is 0 Å². The summed E-state index contributed by atoms with van der Waals surface area (Å²) in [4.78, 5) is 34.5. The van der Waals surface area contributed by atoms with Gasteiger partial charge in [-0.25, -0.2) is 4.79 Å². The lowest BCUT2D eigenvalue weighted by atomic mass is 10.1. The van der Waals surface area contributed by atoms with E-state index in [-0.39, 0.29) is 12.4 Å². The summed E-state index contributed by atoms with van der Waals surface area (Å²) in [5, 5.41) is 2.57. The third-order valence-corrected chi connectivity index (χ3v) is 3.09. The molecule has 1 aliphatic heterocycles. The second-order valence-electron chi connectivity index (χ2n) is 4.79. The number of Topliss-reactive ketones (excluding diaryl/α,β-unsaturated/α-hetero) is 1. The zero-order chi connectivity index (χ0) is 15.2. The van der Waals surface area contributed by atoms with Crippen LogP contribution in [0.2, 0.25) is 0 Å². The van der Waals surface area contributed by atoms with E-state index in [9.17, 15) is 14.4 Å². The molecule has 0 radical (unpaired) electrons. The highest BCUT2D eigenvalue weighted by Crippen LogP contribution is 2.14. The third-order valence-electron chi connectivity index (χ3n) is 3.09. The maximum atomic E-state index is 11.7. The summed E-state index contributed by atoms with van der Waals surface area (Å²) in [6.45, 7) is 1.62. The molecule has 1 N–H and O–H groups in total. The van der Waals surface area contributed by atoms with Gasteiger partial charge in [0.05, 0.1) is 0 Å². The van der Waals surface area contributed by atoms with Crippen LogP contribution in [-0.2, 0) is 19.1 Å². The number of rotatable bonds is 5. The highest BCUT2D eigenvalue weighted by molar-refractivity contribution is 5.97. The SMILES string of the molecule is CC(=O)c1cccc(NC(=O)COC(=O)[C@H]2CCCO2)c1. The average Bonchev–Trinajstić information content (AvgIpc) is 2.99. The molecule has 1 aliphatic rings. The van der Waals surface area contributed by atoms with Crippen LogP contribution in [0.1, 0.15) is 30.1 Å². The Labute approximate surface area is 122 Å². The van der Waals surface area contributed by atoms with Gasteiger partial charge in [-0.3, -0.25) is 9.59 Å². The second-order valence-corrected chi connectivity index (χ2v) is 4.79. The highest BCUT2D eigenvalue weighted by Gasteiger charge is 2.25. The normalized spacial score (nSPS) is 17.3. The van der Waals surface area contributed by atoms with Gasteiger partial charge in [0.25, 0.3) is 5.91 Å². The fourth-order valence-corrected chi connectivity index (χ4v) is 2.01. The van der Waals surface area contributed by atoms with Crippen molar-refractivity contribution in [3.63, 3.8) is 0 Å². The number of ether oxygens (including phenoxy) is 2. The third kappa shape index (κ3) is 4.39. The standard InChI is InChI=1S/C15H17NO5/c1-10(17)11-4-2-5-12(8-11)16-14(18)9-21-15(19)13-6-3-7-20-13/h2,4-5,8,13H,3,6-7,9H2,1H3,(H,16,18)/t13-/m1/s1. The molecule has 112 valence electrons. The maximum Gasteiger partial charge on any atom is 0.335 e. The Morgan fingerprint density at radius 2 is 2.19 bits per heavy atom. The van der Waals surface area contributed by atoms with E-state index in [1.54, 1.807) is 24.3 Å². The van der Waals surface area contributed by atoms with Crippen LogP contribution in [0.25, 0.3) is 0 Å². The van der Waals surface area contributed by atoms with Gasteiger partial charge in [0, 0.05) is 17.9 Å². The first-order valence-corrected chi connectivity index (χ1v) is 6.75. The summed E-state index contributed by atoms with van der Waals surface area (Å²) < 4.78 is 10.1. The Bertz CT molecular complexity index is 549. The lowest BCUT2D eigenvalue weighted by Crippen LogP contribution is -2.27. The minimum absolute atomic E-state index is 0.0871. The molecule has 1 aromatic rings. The van der Waals surface area contributed by atoms with Gasteiger partial charge in [-0.15, -0.1) is 0 Å². The molecule has 0 unspecified atom stereocenters. The van der Waals surface area contributed by atoms with Crippen molar-refractivity contribution in [2.45, 2.75) is 25.9 Å². The number of amides is 1. The van der Waals surface area contributed by atoms with Crippen molar-refractivity contribution in [3.8, 4) is 0 Å². The van der Waals surface area contributed by atoms with Gasteiger partial charge in [0.1, 0.15) is 0 Å². The van der Waals surface area contributed by atoms with Crippen LogP contribution in [0, 0.1) is 0 Å². The Kier molecular flexibility index (Phi) is 5.05. The van der Waals surface area contributed by atoms with Crippen LogP contribution in [0.5, 0.6) is 0 Å². The van der Waals surface area contributed by atoms with Crippen LogP contribution >= 0.6 is 0 Å². The molecule has 0 bridgehead atoms. The van der Waals surface area contributed by atoms with Crippen LogP contribution < -0.4 is 5.32 Å². The molecule has 1 fully saturated rings. The molecule has 1 aromatic carbocycles. The van der Waals surface area contributed by atoms with E-state index in [0.29, 0.717) is 24.3 Å². The molecule has 6 nitrogen and oxygen atoms in total. The van der Waals surface area contributed by atoms with Crippen molar-refractivity contribution >= 4 is 23.3 Å². The first-order valence-electron chi connectivity index (χ1n) is 6.75. The van der Waals surface area contributed by atoms with Gasteiger partial charge < -0.3 is 14.8 Å². The molecule has 6 heteroatoms. The summed E-state index contributed by atoms with van der Waals surface area (Å²) in [6.07, 6.45) is 0.893. The van der Waals surface area contributed by atoms with Gasteiger partial charge >= 0.3 is 5.97 Å². The van der Waals surface area contributed by atoms with E-state index in [4.69, 9.17) is 9.47 Å². The number of benzene rings is 1. The summed E-state index contributed by atoms with van der Waals surface area (Å²) in [7, 11) is 0. The number of carbonyl (C=O) groups excluding carboxylic acids is 3. The largest absolute Gasteiger partial charge is 0.454 e. The number of esters is 1. The minimum atomic E-state index is -0.557. The fourth-order valence-electron chi connectivity index (χ4n) is 2.01. The molecular formula is C15H17NO5. The van der Waals surface area contributed by atoms with Crippen LogP contribution in [-0.4, -0.2) is 37.0 Å². The Hall–Kier alpha value is -2.21. The number of hydrogen-bond donors (Lipinski definition) is 1. The van der Waals surface area contributed by atoms with E-state index in [1.165, 1.54) is 6.92 Å². The zero-order valence-electron chi connectivity index (χ0n) is 11.8. The topological polar surface area (TPSA) is 81.7 Å². The fraction of sp³-hybridized carbons (Fsp3) is 0.400. The number of anilines is 1. The number of carbonyl (C=O) groups is 3. The van der Waals surface area contributed by atoms with Gasteiger partial charge in [-0.2, -0.15) is 0 Å². The van der Waals surface area contributed by atoms with E-state index < -0.39 is 18.0 Å². The summed E-state index contributed by atoms with van der Waals surface area (Å²) in [6, 6.07) is 6.56. The molecule has 2 rings (SSSR count). The van der Waals surface area contributed by atoms with Crippen molar-refractivity contribution in [1.29, 1.82) is 0 Å². The molecular weight excluding hydrogens is 274 g/mol. The van der Waals surface area contributed by atoms with Crippen molar-refractivity contribution in [3.05, 3.63) is 29.8 Å². The van der Waals surface area contributed by atoms with E-state index in [2.05, 4.69) is 5.32 Å². The summed E-state index contributed by atoms with van der Waals surface area (Å²) >= 11 is 0. The molecule has 0 spiro atoms. The minimum Gasteiger partial charge on any atom is -0.454 e. The quantitative estimate of drug-likeness (QED) is 0.657. The first-order chi connectivity index (χ1) is 10.1. The number of hydrogen-bond acceptors (Lipinski definition) is 5. The van der Waals surface area contributed by atoms with Crippen molar-refractivity contribution in [2.24, 2.45) is 0 Å². The molecule has 0 aromatic heterocycles. The van der Waals surface area contributed by atoms with Gasteiger partial charge in [0.15, 0.2) is 18.5 Å². The van der Waals surface area contributed by atoms with Crippen LogP contribution in [0.15, 0.2) is 24.3 Å². The van der Waals surface area contributed by atoms with Crippen LogP contribution in [0.3, 0.4) is 0 Å². The van der Waals surface area contributed by atoms with Crippen LogP contribution in [0.4, 0.5) is 5.69 Å². The first kappa shape index (κ1) is 15.2. The lowest BCUT2D eigenvalue weighted by Gasteiger charge is -2.10. The molecule has 0 aliphatic carbocycles. The van der Waals surface area contributed by atoms with Gasteiger partial charge in [-0.1, -0.05) is 12.1 Å². The zero-order valence-corrected chi connectivity index (χ0v) is 11.8. The number of nitrogens with one attached hydrogen (secondary N) is 1. The monoisotopic (exact) mass is 291 g/mol. The number of ketones is 1. The molecule has 1 atom stereocenters. The summed E-state index contributed by atoms with van der Waals surface area (Å²) in [5.41, 5.74) is 0.991. The van der Waals surface area contributed by atoms with E-state index >= 15 is 0 Å². The Morgan fingerprint density at radius 3 is 2.86 bits per heavy atom. The van der Waals surface area contributed by atoms with Gasteiger partial charge in [-0.05, 0) is 31.9 Å². The van der Waals surface area contributed by atoms with E-state index in [0.717, 1.165) is 6.42 Å². The molecule has 1 amide bonds. The van der Waals surface area contributed by atoms with Crippen molar-refractivity contribution in [1.82, 2.24) is 0 Å². The maximum absolute atomic E-state index is 11.7. The highest BCUT2D eigenvalue weighted by atomic mass is 16.6. The van der Waals surface area contributed by atoms with Crippen molar-refractivity contribution in [2.75, 3.05) is 18.5 Å². The molecule has 0 saturated carbocycles. The lowest BCUT2D eigenvalue weighted by molar-refractivity contribution is -0.156. The molecule has 21 heavy (non-hydrogen) atoms. The second kappa shape index (κ2) is 6.99.